The highest BCUT2D eigenvalue weighted by Crippen LogP contribution is 2.28. The number of cyclic esters (lactones) is 1. The molecular weight excluding hydrogens is 374 g/mol. The summed E-state index contributed by atoms with van der Waals surface area (Å²) in [6.07, 6.45) is 3.53. The molecule has 1 aliphatic heterocycles. The lowest BCUT2D eigenvalue weighted by atomic mass is 9.83. The van der Waals surface area contributed by atoms with Crippen LogP contribution in [0, 0.1) is 5.92 Å². The number of carbonyl (C=O) groups excluding carboxylic acids is 2. The van der Waals surface area contributed by atoms with E-state index in [0.29, 0.717) is 12.3 Å². The van der Waals surface area contributed by atoms with Crippen molar-refractivity contribution < 1.29 is 24.2 Å². The molecule has 0 spiro atoms. The third-order valence-corrected chi connectivity index (χ3v) is 5.80. The van der Waals surface area contributed by atoms with E-state index in [1.807, 2.05) is 30.3 Å². The van der Waals surface area contributed by atoms with Gasteiger partial charge < -0.3 is 20.3 Å². The molecule has 2 aliphatic rings. The van der Waals surface area contributed by atoms with Crippen molar-refractivity contribution in [2.45, 2.75) is 63.4 Å². The number of amides is 2. The predicted octanol–water partition coefficient (Wildman–Crippen LogP) is 2.65. The minimum atomic E-state index is -0.973. The van der Waals surface area contributed by atoms with E-state index < -0.39 is 30.4 Å². The largest absolute Gasteiger partial charge is 0.443 e. The maximum Gasteiger partial charge on any atom is 0.429 e. The molecule has 1 saturated heterocycles. The van der Waals surface area contributed by atoms with E-state index in [9.17, 15) is 14.7 Å². The number of carbonyl (C=O) groups is 2. The number of aliphatic hydroxyl groups is 1. The van der Waals surface area contributed by atoms with E-state index in [4.69, 9.17) is 15.2 Å². The zero-order valence-corrected chi connectivity index (χ0v) is 16.9. The van der Waals surface area contributed by atoms with Crippen molar-refractivity contribution in [3.8, 4) is 0 Å². The van der Waals surface area contributed by atoms with E-state index in [2.05, 4.69) is 0 Å². The SMILES string of the molecule is CN(C(=O)OCc1ccccc1)N1C[C@@H]([C@H](O)[C@@H](N)CC2CCCCC2)OC1=O. The number of hydrogen-bond acceptors (Lipinski definition) is 6. The van der Waals surface area contributed by atoms with Gasteiger partial charge in [0, 0.05) is 13.1 Å². The van der Waals surface area contributed by atoms with Crippen molar-refractivity contribution in [2.75, 3.05) is 13.6 Å². The first-order chi connectivity index (χ1) is 14.0. The number of nitrogens with zero attached hydrogens (tertiary/aromatic N) is 2. The predicted molar refractivity (Wildman–Crippen MR) is 107 cm³/mol. The summed E-state index contributed by atoms with van der Waals surface area (Å²) in [5, 5.41) is 12.8. The number of aliphatic hydroxyl groups excluding tert-OH is 1. The van der Waals surface area contributed by atoms with Gasteiger partial charge in [0.2, 0.25) is 0 Å². The summed E-state index contributed by atoms with van der Waals surface area (Å²) in [4.78, 5) is 24.5. The Morgan fingerprint density at radius 2 is 2.00 bits per heavy atom. The lowest BCUT2D eigenvalue weighted by Gasteiger charge is -2.29. The second-order valence-electron chi connectivity index (χ2n) is 7.96. The maximum atomic E-state index is 12.3. The van der Waals surface area contributed by atoms with E-state index in [0.717, 1.165) is 28.4 Å². The molecule has 8 heteroatoms. The fourth-order valence-corrected chi connectivity index (χ4v) is 4.03. The standard InChI is InChI=1S/C21H31N3O5/c1-23(20(26)28-14-16-10-6-3-7-11-16)24-13-18(29-21(24)27)19(25)17(22)12-15-8-4-2-5-9-15/h3,6-7,10-11,15,17-19,25H,2,4-5,8-9,12-14,22H2,1H3/t17-,18-,19+/m0/s1. The third-order valence-electron chi connectivity index (χ3n) is 5.80. The van der Waals surface area contributed by atoms with Crippen LogP contribution in [0.25, 0.3) is 0 Å². The Labute approximate surface area is 171 Å². The highest BCUT2D eigenvalue weighted by molar-refractivity contribution is 5.75. The zero-order chi connectivity index (χ0) is 20.8. The van der Waals surface area contributed by atoms with E-state index in [-0.39, 0.29) is 13.2 Å². The van der Waals surface area contributed by atoms with Gasteiger partial charge in [-0.15, -0.1) is 0 Å². The minimum absolute atomic E-state index is 0.0509. The van der Waals surface area contributed by atoms with Crippen LogP contribution in [0.3, 0.4) is 0 Å². The van der Waals surface area contributed by atoms with E-state index >= 15 is 0 Å². The highest BCUT2D eigenvalue weighted by atomic mass is 16.6. The van der Waals surface area contributed by atoms with Crippen molar-refractivity contribution in [3.05, 3.63) is 35.9 Å². The van der Waals surface area contributed by atoms with Gasteiger partial charge >= 0.3 is 12.2 Å². The van der Waals surface area contributed by atoms with Crippen molar-refractivity contribution in [2.24, 2.45) is 11.7 Å². The second kappa shape index (κ2) is 9.93. The van der Waals surface area contributed by atoms with Gasteiger partial charge in [-0.2, -0.15) is 0 Å². The quantitative estimate of drug-likeness (QED) is 0.722. The molecule has 1 aromatic carbocycles. The second-order valence-corrected chi connectivity index (χ2v) is 7.96. The van der Waals surface area contributed by atoms with Crippen molar-refractivity contribution in [1.82, 2.24) is 10.0 Å². The van der Waals surface area contributed by atoms with Crippen LogP contribution >= 0.6 is 0 Å². The fourth-order valence-electron chi connectivity index (χ4n) is 4.03. The van der Waals surface area contributed by atoms with Crippen LogP contribution in [-0.4, -0.2) is 59.2 Å². The molecule has 29 heavy (non-hydrogen) atoms. The molecule has 3 N–H and O–H groups in total. The van der Waals surface area contributed by atoms with Crippen LogP contribution in [0.4, 0.5) is 9.59 Å². The van der Waals surface area contributed by atoms with Crippen LogP contribution in [0.2, 0.25) is 0 Å². The minimum Gasteiger partial charge on any atom is -0.443 e. The Kier molecular flexibility index (Phi) is 7.33. The van der Waals surface area contributed by atoms with Gasteiger partial charge in [-0.05, 0) is 17.9 Å². The van der Waals surface area contributed by atoms with Crippen molar-refractivity contribution in [1.29, 1.82) is 0 Å². The molecule has 1 aromatic rings. The maximum absolute atomic E-state index is 12.3. The lowest BCUT2D eigenvalue weighted by Crippen LogP contribution is -2.48. The van der Waals surface area contributed by atoms with Gasteiger partial charge in [-0.3, -0.25) is 0 Å². The summed E-state index contributed by atoms with van der Waals surface area (Å²) >= 11 is 0. The Balaban J connectivity index is 1.49. The lowest BCUT2D eigenvalue weighted by molar-refractivity contribution is 0.0109. The first-order valence-electron chi connectivity index (χ1n) is 10.3. The van der Waals surface area contributed by atoms with Crippen molar-refractivity contribution in [3.63, 3.8) is 0 Å². The Morgan fingerprint density at radius 3 is 2.69 bits per heavy atom. The van der Waals surface area contributed by atoms with Crippen LogP contribution in [0.1, 0.15) is 44.1 Å². The molecule has 0 aromatic heterocycles. The molecule has 1 aliphatic carbocycles. The smallest absolute Gasteiger partial charge is 0.429 e. The van der Waals surface area contributed by atoms with Gasteiger partial charge in [-0.1, -0.05) is 62.4 Å². The van der Waals surface area contributed by atoms with E-state index in [1.165, 1.54) is 26.3 Å². The fraction of sp³-hybridized carbons (Fsp3) is 0.619. The number of nitrogens with two attached hydrogens (primary N) is 1. The van der Waals surface area contributed by atoms with Gasteiger partial charge in [0.25, 0.3) is 0 Å². The molecule has 2 fully saturated rings. The number of hydrazine groups is 1. The molecule has 3 atom stereocenters. The molecule has 0 bridgehead atoms. The summed E-state index contributed by atoms with van der Waals surface area (Å²) < 4.78 is 10.5. The van der Waals surface area contributed by atoms with Gasteiger partial charge in [0.1, 0.15) is 12.7 Å². The normalized spacial score (nSPS) is 22.1. The first kappa shape index (κ1) is 21.4. The number of hydrogen-bond donors (Lipinski definition) is 2. The van der Waals surface area contributed by atoms with Crippen molar-refractivity contribution >= 4 is 12.2 Å². The average Bonchev–Trinajstić information content (AvgIpc) is 3.13. The molecule has 1 saturated carbocycles. The molecule has 0 unspecified atom stereocenters. The molecule has 0 radical (unpaired) electrons. The van der Waals surface area contributed by atoms with E-state index in [1.54, 1.807) is 0 Å². The summed E-state index contributed by atoms with van der Waals surface area (Å²) in [7, 11) is 1.44. The molecule has 1 heterocycles. The summed E-state index contributed by atoms with van der Waals surface area (Å²) in [5.41, 5.74) is 7.05. The Bertz CT molecular complexity index is 680. The zero-order valence-electron chi connectivity index (χ0n) is 16.9. The van der Waals surface area contributed by atoms with Crippen LogP contribution in [-0.2, 0) is 16.1 Å². The summed E-state index contributed by atoms with van der Waals surface area (Å²) in [5.74, 6) is 0.511. The molecule has 3 rings (SSSR count). The van der Waals surface area contributed by atoms with Gasteiger partial charge in [-0.25, -0.2) is 19.6 Å². The van der Waals surface area contributed by atoms with Crippen LogP contribution in [0.15, 0.2) is 30.3 Å². The number of ether oxygens (including phenoxy) is 2. The third kappa shape index (κ3) is 5.61. The first-order valence-corrected chi connectivity index (χ1v) is 10.3. The topological polar surface area (TPSA) is 105 Å². The molecular formula is C21H31N3O5. The summed E-state index contributed by atoms with van der Waals surface area (Å²) in [6.45, 7) is 0.153. The summed E-state index contributed by atoms with van der Waals surface area (Å²) in [6, 6.07) is 8.81. The number of rotatable bonds is 7. The van der Waals surface area contributed by atoms with Gasteiger partial charge in [0.05, 0.1) is 6.54 Å². The molecule has 160 valence electrons. The Hall–Kier alpha value is -2.32. The number of benzene rings is 1. The monoisotopic (exact) mass is 405 g/mol. The highest BCUT2D eigenvalue weighted by Gasteiger charge is 2.42. The van der Waals surface area contributed by atoms with Crippen LogP contribution < -0.4 is 5.73 Å². The average molecular weight is 405 g/mol. The van der Waals surface area contributed by atoms with Crippen LogP contribution in [0.5, 0.6) is 0 Å². The molecule has 8 nitrogen and oxygen atoms in total. The van der Waals surface area contributed by atoms with Gasteiger partial charge in [0.15, 0.2) is 6.10 Å². The Morgan fingerprint density at radius 1 is 1.31 bits per heavy atom. The molecule has 2 amide bonds.